The Morgan fingerprint density at radius 3 is 2.50 bits per heavy atom. The SMILES string of the molecule is CC(C)CCOCCN(C)C(CN)C1CC1. The number of likely N-dealkylation sites (N-methyl/N-ethyl adjacent to an activating group) is 1. The highest BCUT2D eigenvalue weighted by atomic mass is 16.5. The van der Waals surface area contributed by atoms with Gasteiger partial charge in [0.15, 0.2) is 0 Å². The Balaban J connectivity index is 2.02. The average molecular weight is 228 g/mol. The largest absolute Gasteiger partial charge is 0.380 e. The van der Waals surface area contributed by atoms with Crippen molar-refractivity contribution in [2.24, 2.45) is 17.6 Å². The molecule has 0 radical (unpaired) electrons. The Labute approximate surface area is 100 Å². The summed E-state index contributed by atoms with van der Waals surface area (Å²) in [6.07, 6.45) is 3.88. The molecule has 0 saturated heterocycles. The van der Waals surface area contributed by atoms with Gasteiger partial charge in [0.25, 0.3) is 0 Å². The first kappa shape index (κ1) is 13.9. The van der Waals surface area contributed by atoms with Gasteiger partial charge in [0.2, 0.25) is 0 Å². The van der Waals surface area contributed by atoms with E-state index in [1.807, 2.05) is 0 Å². The molecule has 0 aromatic carbocycles. The van der Waals surface area contributed by atoms with Crippen LogP contribution in [-0.4, -0.2) is 44.3 Å². The molecule has 1 atom stereocenters. The van der Waals surface area contributed by atoms with Crippen LogP contribution in [0, 0.1) is 11.8 Å². The lowest BCUT2D eigenvalue weighted by atomic mass is 10.1. The van der Waals surface area contributed by atoms with Crippen LogP contribution in [0.5, 0.6) is 0 Å². The van der Waals surface area contributed by atoms with Crippen molar-refractivity contribution < 1.29 is 4.74 Å². The van der Waals surface area contributed by atoms with Crippen molar-refractivity contribution in [3.8, 4) is 0 Å². The van der Waals surface area contributed by atoms with Crippen LogP contribution in [0.4, 0.5) is 0 Å². The zero-order chi connectivity index (χ0) is 12.0. The first-order valence-electron chi connectivity index (χ1n) is 6.63. The second-order valence-corrected chi connectivity index (χ2v) is 5.42. The molecule has 2 N–H and O–H groups in total. The van der Waals surface area contributed by atoms with E-state index in [9.17, 15) is 0 Å². The molecule has 0 amide bonds. The lowest BCUT2D eigenvalue weighted by Gasteiger charge is -2.26. The predicted molar refractivity (Wildman–Crippen MR) is 68.5 cm³/mol. The van der Waals surface area contributed by atoms with Crippen LogP contribution in [0.15, 0.2) is 0 Å². The van der Waals surface area contributed by atoms with Crippen molar-refractivity contribution in [2.75, 3.05) is 33.4 Å². The van der Waals surface area contributed by atoms with E-state index in [1.54, 1.807) is 0 Å². The number of hydrogen-bond donors (Lipinski definition) is 1. The summed E-state index contributed by atoms with van der Waals surface area (Å²) in [5.74, 6) is 1.59. The minimum Gasteiger partial charge on any atom is -0.380 e. The van der Waals surface area contributed by atoms with Crippen LogP contribution in [0.2, 0.25) is 0 Å². The Hall–Kier alpha value is -0.120. The van der Waals surface area contributed by atoms with E-state index in [2.05, 4.69) is 25.8 Å². The highest BCUT2D eigenvalue weighted by molar-refractivity contribution is 4.87. The molecule has 3 nitrogen and oxygen atoms in total. The normalized spacial score (nSPS) is 18.4. The quantitative estimate of drug-likeness (QED) is 0.611. The third kappa shape index (κ3) is 5.28. The molecule has 1 aliphatic rings. The van der Waals surface area contributed by atoms with Gasteiger partial charge in [-0.3, -0.25) is 4.90 Å². The lowest BCUT2D eigenvalue weighted by Crippen LogP contribution is -2.41. The fraction of sp³-hybridized carbons (Fsp3) is 1.00. The number of ether oxygens (including phenoxy) is 1. The monoisotopic (exact) mass is 228 g/mol. The van der Waals surface area contributed by atoms with Crippen LogP contribution < -0.4 is 5.73 Å². The second kappa shape index (κ2) is 7.25. The van der Waals surface area contributed by atoms with Gasteiger partial charge in [-0.25, -0.2) is 0 Å². The van der Waals surface area contributed by atoms with Gasteiger partial charge in [-0.2, -0.15) is 0 Å². The van der Waals surface area contributed by atoms with Crippen LogP contribution in [0.3, 0.4) is 0 Å². The summed E-state index contributed by atoms with van der Waals surface area (Å²) < 4.78 is 5.63. The molecule has 0 spiro atoms. The molecule has 1 unspecified atom stereocenters. The van der Waals surface area contributed by atoms with Gasteiger partial charge in [-0.15, -0.1) is 0 Å². The molecule has 0 aliphatic heterocycles. The highest BCUT2D eigenvalue weighted by Gasteiger charge is 2.32. The molecule has 0 bridgehead atoms. The van der Waals surface area contributed by atoms with Gasteiger partial charge in [-0.05, 0) is 38.1 Å². The molecular weight excluding hydrogens is 200 g/mol. The fourth-order valence-electron chi connectivity index (χ4n) is 2.01. The van der Waals surface area contributed by atoms with Crippen LogP contribution in [-0.2, 0) is 4.74 Å². The molecule has 0 aromatic rings. The third-order valence-corrected chi connectivity index (χ3v) is 3.40. The Morgan fingerprint density at radius 2 is 2.00 bits per heavy atom. The molecule has 0 heterocycles. The summed E-state index contributed by atoms with van der Waals surface area (Å²) in [6, 6.07) is 0.577. The van der Waals surface area contributed by atoms with Gasteiger partial charge < -0.3 is 10.5 Å². The van der Waals surface area contributed by atoms with Gasteiger partial charge in [0.1, 0.15) is 0 Å². The molecule has 1 rings (SSSR count). The van der Waals surface area contributed by atoms with Crippen LogP contribution >= 0.6 is 0 Å². The summed E-state index contributed by atoms with van der Waals surface area (Å²) in [5.41, 5.74) is 5.80. The maximum absolute atomic E-state index is 5.80. The van der Waals surface area contributed by atoms with E-state index in [0.717, 1.165) is 44.6 Å². The van der Waals surface area contributed by atoms with Crippen molar-refractivity contribution >= 4 is 0 Å². The van der Waals surface area contributed by atoms with Crippen LogP contribution in [0.25, 0.3) is 0 Å². The topological polar surface area (TPSA) is 38.5 Å². The van der Waals surface area contributed by atoms with Crippen molar-refractivity contribution in [2.45, 2.75) is 39.2 Å². The third-order valence-electron chi connectivity index (χ3n) is 3.40. The van der Waals surface area contributed by atoms with Crippen molar-refractivity contribution in [3.05, 3.63) is 0 Å². The predicted octanol–water partition coefficient (Wildman–Crippen LogP) is 1.72. The molecule has 1 aliphatic carbocycles. The van der Waals surface area contributed by atoms with E-state index in [4.69, 9.17) is 10.5 Å². The maximum atomic E-state index is 5.80. The lowest BCUT2D eigenvalue weighted by molar-refractivity contribution is 0.0887. The number of rotatable bonds is 9. The van der Waals surface area contributed by atoms with E-state index in [1.165, 1.54) is 12.8 Å². The molecule has 3 heteroatoms. The Bertz CT molecular complexity index is 181. The van der Waals surface area contributed by atoms with Gasteiger partial charge >= 0.3 is 0 Å². The number of hydrogen-bond acceptors (Lipinski definition) is 3. The van der Waals surface area contributed by atoms with E-state index in [-0.39, 0.29) is 0 Å². The number of nitrogens with zero attached hydrogens (tertiary/aromatic N) is 1. The smallest absolute Gasteiger partial charge is 0.0593 e. The summed E-state index contributed by atoms with van der Waals surface area (Å²) in [5, 5.41) is 0. The molecule has 1 fully saturated rings. The zero-order valence-corrected chi connectivity index (χ0v) is 11.1. The first-order chi connectivity index (χ1) is 7.65. The van der Waals surface area contributed by atoms with E-state index >= 15 is 0 Å². The Morgan fingerprint density at radius 1 is 1.31 bits per heavy atom. The standard InChI is InChI=1S/C13H28N2O/c1-11(2)6-8-16-9-7-15(3)13(10-14)12-4-5-12/h11-13H,4-10,14H2,1-3H3. The summed E-state index contributed by atoms with van der Waals surface area (Å²) in [7, 11) is 2.17. The summed E-state index contributed by atoms with van der Waals surface area (Å²) in [6.45, 7) is 7.98. The average Bonchev–Trinajstić information content (AvgIpc) is 3.02. The zero-order valence-electron chi connectivity index (χ0n) is 11.1. The van der Waals surface area contributed by atoms with E-state index in [0.29, 0.717) is 6.04 Å². The van der Waals surface area contributed by atoms with Gasteiger partial charge in [0.05, 0.1) is 6.61 Å². The molecule has 0 aromatic heterocycles. The van der Waals surface area contributed by atoms with Crippen molar-refractivity contribution in [1.29, 1.82) is 0 Å². The Kier molecular flexibility index (Phi) is 6.32. The van der Waals surface area contributed by atoms with Gasteiger partial charge in [0, 0.05) is 25.7 Å². The molecule has 96 valence electrons. The fourth-order valence-corrected chi connectivity index (χ4v) is 2.01. The molecule has 16 heavy (non-hydrogen) atoms. The molecule has 1 saturated carbocycles. The van der Waals surface area contributed by atoms with Crippen LogP contribution in [0.1, 0.15) is 33.1 Å². The minimum atomic E-state index is 0.577. The highest BCUT2D eigenvalue weighted by Crippen LogP contribution is 2.34. The summed E-state index contributed by atoms with van der Waals surface area (Å²) >= 11 is 0. The van der Waals surface area contributed by atoms with Crippen molar-refractivity contribution in [1.82, 2.24) is 4.90 Å². The number of nitrogens with two attached hydrogens (primary N) is 1. The molecular formula is C13H28N2O. The summed E-state index contributed by atoms with van der Waals surface area (Å²) in [4.78, 5) is 2.37. The second-order valence-electron chi connectivity index (χ2n) is 5.42. The van der Waals surface area contributed by atoms with Crippen molar-refractivity contribution in [3.63, 3.8) is 0 Å². The first-order valence-corrected chi connectivity index (χ1v) is 6.63. The maximum Gasteiger partial charge on any atom is 0.0593 e. The van der Waals surface area contributed by atoms with Gasteiger partial charge in [-0.1, -0.05) is 13.8 Å². The minimum absolute atomic E-state index is 0.577. The van der Waals surface area contributed by atoms with E-state index < -0.39 is 0 Å².